The van der Waals surface area contributed by atoms with Gasteiger partial charge in [0.1, 0.15) is 11.5 Å². The lowest BCUT2D eigenvalue weighted by molar-refractivity contribution is 0.564. The van der Waals surface area contributed by atoms with Crippen LogP contribution >= 0.6 is 0 Å². The summed E-state index contributed by atoms with van der Waals surface area (Å²) in [5.74, 6) is -0.492. The normalized spacial score (nSPS) is 8.91. The third-order valence-electron chi connectivity index (χ3n) is 1.27. The van der Waals surface area contributed by atoms with E-state index in [2.05, 4.69) is 4.99 Å². The van der Waals surface area contributed by atoms with Crippen molar-refractivity contribution < 1.29 is 9.18 Å². The summed E-state index contributed by atoms with van der Waals surface area (Å²) in [6, 6.07) is 4.44. The van der Waals surface area contributed by atoms with Gasteiger partial charge in [0, 0.05) is 0 Å². The first-order valence-electron chi connectivity index (χ1n) is 3.08. The number of hydrogen-bond donors (Lipinski definition) is 0. The third kappa shape index (κ3) is 1.72. The van der Waals surface area contributed by atoms with Crippen LogP contribution in [0.1, 0.15) is 5.56 Å². The molecule has 0 aliphatic heterocycles. The molecular weight excluding hydrogens is 145 g/mol. The van der Waals surface area contributed by atoms with Crippen molar-refractivity contribution in [3.63, 3.8) is 0 Å². The molecule has 0 aromatic heterocycles. The zero-order valence-electron chi connectivity index (χ0n) is 5.97. The fourth-order valence-corrected chi connectivity index (χ4v) is 0.752. The Balaban J connectivity index is 3.19. The molecule has 0 spiro atoms. The minimum absolute atomic E-state index is 0.0330. The van der Waals surface area contributed by atoms with Crippen LogP contribution in [-0.2, 0) is 4.79 Å². The van der Waals surface area contributed by atoms with E-state index < -0.39 is 5.82 Å². The summed E-state index contributed by atoms with van der Waals surface area (Å²) in [6.07, 6.45) is 1.28. The molecule has 0 aliphatic rings. The molecular formula is C8H6FNO. The Labute approximate surface area is 63.4 Å². The number of carbonyl (C=O) groups excluding carboxylic acids is 1. The number of rotatable bonds is 1. The summed E-state index contributed by atoms with van der Waals surface area (Å²) in [6.45, 7) is 1.76. The quantitative estimate of drug-likeness (QED) is 0.446. The van der Waals surface area contributed by atoms with E-state index in [0.29, 0.717) is 0 Å². The maximum absolute atomic E-state index is 12.8. The molecule has 1 aromatic rings. The van der Waals surface area contributed by atoms with Gasteiger partial charge in [-0.25, -0.2) is 9.18 Å². The van der Waals surface area contributed by atoms with E-state index in [1.54, 1.807) is 13.0 Å². The Morgan fingerprint density at radius 3 is 2.82 bits per heavy atom. The Kier molecular flexibility index (Phi) is 2.14. The van der Waals surface area contributed by atoms with E-state index in [0.717, 1.165) is 5.56 Å². The highest BCUT2D eigenvalue weighted by Crippen LogP contribution is 2.17. The number of isocyanates is 1. The molecule has 0 radical (unpaired) electrons. The zero-order chi connectivity index (χ0) is 8.27. The van der Waals surface area contributed by atoms with Crippen molar-refractivity contribution >= 4 is 11.8 Å². The lowest BCUT2D eigenvalue weighted by atomic mass is 10.2. The molecule has 0 amide bonds. The van der Waals surface area contributed by atoms with Crippen LogP contribution in [0.2, 0.25) is 0 Å². The standard InChI is InChI=1S/C8H6FNO/c1-6-2-3-8(10-5-11)7(9)4-6/h2-4H,1H3. The molecule has 0 aliphatic carbocycles. The largest absolute Gasteiger partial charge is 0.240 e. The maximum atomic E-state index is 12.8. The van der Waals surface area contributed by atoms with Gasteiger partial charge in [0.25, 0.3) is 0 Å². The molecule has 0 saturated heterocycles. The molecule has 2 nitrogen and oxygen atoms in total. The van der Waals surface area contributed by atoms with E-state index in [4.69, 9.17) is 0 Å². The first kappa shape index (κ1) is 7.63. The average Bonchev–Trinajstić information content (AvgIpc) is 1.95. The van der Waals surface area contributed by atoms with Gasteiger partial charge in [-0.05, 0) is 24.6 Å². The molecule has 0 saturated carbocycles. The Hall–Kier alpha value is -1.47. The summed E-state index contributed by atoms with van der Waals surface area (Å²) < 4.78 is 12.8. The molecule has 0 bridgehead atoms. The van der Waals surface area contributed by atoms with Crippen LogP contribution in [0, 0.1) is 12.7 Å². The van der Waals surface area contributed by atoms with Crippen molar-refractivity contribution in [2.24, 2.45) is 4.99 Å². The molecule has 0 N–H and O–H groups in total. The first-order valence-corrected chi connectivity index (χ1v) is 3.08. The Morgan fingerprint density at radius 1 is 1.55 bits per heavy atom. The second-order valence-electron chi connectivity index (χ2n) is 2.16. The summed E-state index contributed by atoms with van der Waals surface area (Å²) >= 11 is 0. The molecule has 0 unspecified atom stereocenters. The predicted octanol–water partition coefficient (Wildman–Crippen LogP) is 2.10. The predicted molar refractivity (Wildman–Crippen MR) is 38.9 cm³/mol. The van der Waals surface area contributed by atoms with Gasteiger partial charge in [-0.2, -0.15) is 4.99 Å². The van der Waals surface area contributed by atoms with E-state index in [-0.39, 0.29) is 5.69 Å². The van der Waals surface area contributed by atoms with Crippen LogP contribution in [-0.4, -0.2) is 6.08 Å². The molecule has 1 aromatic carbocycles. The van der Waals surface area contributed by atoms with Crippen molar-refractivity contribution in [1.82, 2.24) is 0 Å². The summed E-state index contributed by atoms with van der Waals surface area (Å²) in [4.78, 5) is 12.9. The maximum Gasteiger partial charge on any atom is 0.240 e. The van der Waals surface area contributed by atoms with Gasteiger partial charge in [0.05, 0.1) is 0 Å². The molecule has 1 rings (SSSR count). The molecule has 0 heterocycles. The first-order chi connectivity index (χ1) is 5.24. The van der Waals surface area contributed by atoms with E-state index >= 15 is 0 Å². The number of hydrogen-bond acceptors (Lipinski definition) is 2. The van der Waals surface area contributed by atoms with Crippen molar-refractivity contribution in [3.8, 4) is 0 Å². The van der Waals surface area contributed by atoms with Gasteiger partial charge in [-0.1, -0.05) is 6.07 Å². The highest BCUT2D eigenvalue weighted by Gasteiger charge is 1.98. The van der Waals surface area contributed by atoms with Crippen LogP contribution in [0.5, 0.6) is 0 Å². The monoisotopic (exact) mass is 151 g/mol. The second kappa shape index (κ2) is 3.08. The summed E-state index contributed by atoms with van der Waals surface area (Å²) in [5, 5.41) is 0. The van der Waals surface area contributed by atoms with Crippen LogP contribution in [0.15, 0.2) is 23.2 Å². The van der Waals surface area contributed by atoms with Gasteiger partial charge in [0.15, 0.2) is 0 Å². The van der Waals surface area contributed by atoms with Gasteiger partial charge in [-0.15, -0.1) is 0 Å². The summed E-state index contributed by atoms with van der Waals surface area (Å²) in [5.41, 5.74) is 0.831. The van der Waals surface area contributed by atoms with Crippen LogP contribution in [0.4, 0.5) is 10.1 Å². The molecule has 0 fully saturated rings. The van der Waals surface area contributed by atoms with Crippen molar-refractivity contribution in [1.29, 1.82) is 0 Å². The van der Waals surface area contributed by atoms with Gasteiger partial charge >= 0.3 is 0 Å². The average molecular weight is 151 g/mol. The van der Waals surface area contributed by atoms with Crippen LogP contribution < -0.4 is 0 Å². The third-order valence-corrected chi connectivity index (χ3v) is 1.27. The fraction of sp³-hybridized carbons (Fsp3) is 0.125. The fourth-order valence-electron chi connectivity index (χ4n) is 0.752. The topological polar surface area (TPSA) is 29.4 Å². The Bertz CT molecular complexity index is 316. The van der Waals surface area contributed by atoms with Crippen molar-refractivity contribution in [3.05, 3.63) is 29.6 Å². The van der Waals surface area contributed by atoms with Gasteiger partial charge < -0.3 is 0 Å². The van der Waals surface area contributed by atoms with Crippen LogP contribution in [0.25, 0.3) is 0 Å². The van der Waals surface area contributed by atoms with Crippen molar-refractivity contribution in [2.75, 3.05) is 0 Å². The lowest BCUT2D eigenvalue weighted by Crippen LogP contribution is -1.77. The highest BCUT2D eigenvalue weighted by molar-refractivity contribution is 5.49. The van der Waals surface area contributed by atoms with E-state index in [1.807, 2.05) is 0 Å². The number of aliphatic imine (C=N–C) groups is 1. The van der Waals surface area contributed by atoms with Gasteiger partial charge in [-0.3, -0.25) is 0 Å². The SMILES string of the molecule is Cc1ccc(N=C=O)c(F)c1. The highest BCUT2D eigenvalue weighted by atomic mass is 19.1. The molecule has 3 heteroatoms. The molecule has 0 atom stereocenters. The Morgan fingerprint density at radius 2 is 2.27 bits per heavy atom. The lowest BCUT2D eigenvalue weighted by Gasteiger charge is -1.94. The number of halogens is 1. The summed E-state index contributed by atoms with van der Waals surface area (Å²) in [7, 11) is 0. The number of aryl methyl sites for hydroxylation is 1. The van der Waals surface area contributed by atoms with E-state index in [1.165, 1.54) is 18.2 Å². The zero-order valence-corrected chi connectivity index (χ0v) is 5.97. The van der Waals surface area contributed by atoms with E-state index in [9.17, 15) is 9.18 Å². The minimum atomic E-state index is -0.492. The number of nitrogens with zero attached hydrogens (tertiary/aromatic N) is 1. The van der Waals surface area contributed by atoms with Crippen molar-refractivity contribution in [2.45, 2.75) is 6.92 Å². The van der Waals surface area contributed by atoms with Crippen LogP contribution in [0.3, 0.4) is 0 Å². The smallest absolute Gasteiger partial charge is 0.211 e. The molecule has 11 heavy (non-hydrogen) atoms. The minimum Gasteiger partial charge on any atom is -0.211 e. The van der Waals surface area contributed by atoms with Gasteiger partial charge in [0.2, 0.25) is 6.08 Å². The number of benzene rings is 1. The second-order valence-corrected chi connectivity index (χ2v) is 2.16. The molecule has 56 valence electrons.